The molecular formula is C11H16N2OS2. The predicted octanol–water partition coefficient (Wildman–Crippen LogP) is 2.52. The van der Waals surface area contributed by atoms with E-state index in [-0.39, 0.29) is 17.1 Å². The zero-order valence-electron chi connectivity index (χ0n) is 9.49. The fraction of sp³-hybridized carbons (Fsp3) is 0.636. The van der Waals surface area contributed by atoms with Gasteiger partial charge < -0.3 is 5.32 Å². The predicted molar refractivity (Wildman–Crippen MR) is 70.4 cm³/mol. The number of rotatable bonds is 3. The third-order valence-electron chi connectivity index (χ3n) is 2.73. The molecule has 3 nitrogen and oxygen atoms in total. The Morgan fingerprint density at radius 1 is 1.50 bits per heavy atom. The van der Waals surface area contributed by atoms with E-state index in [1.54, 1.807) is 11.3 Å². The summed E-state index contributed by atoms with van der Waals surface area (Å²) in [5.41, 5.74) is 1.17. The average molecular weight is 256 g/mol. The van der Waals surface area contributed by atoms with Crippen LogP contribution in [0.3, 0.4) is 0 Å². The van der Waals surface area contributed by atoms with Gasteiger partial charge in [-0.2, -0.15) is 12.6 Å². The van der Waals surface area contributed by atoms with Gasteiger partial charge in [-0.3, -0.25) is 4.79 Å². The summed E-state index contributed by atoms with van der Waals surface area (Å²) in [4.78, 5) is 17.5. The van der Waals surface area contributed by atoms with Gasteiger partial charge in [0.2, 0.25) is 5.91 Å². The Kier molecular flexibility index (Phi) is 3.54. The van der Waals surface area contributed by atoms with Crippen molar-refractivity contribution in [3.05, 3.63) is 10.6 Å². The number of thiazole rings is 1. The van der Waals surface area contributed by atoms with Crippen LogP contribution in [-0.2, 0) is 17.6 Å². The van der Waals surface area contributed by atoms with Crippen molar-refractivity contribution in [3.63, 3.8) is 0 Å². The van der Waals surface area contributed by atoms with E-state index in [9.17, 15) is 4.79 Å². The second-order valence-electron chi connectivity index (χ2n) is 4.42. The zero-order chi connectivity index (χ0) is 11.7. The van der Waals surface area contributed by atoms with Gasteiger partial charge in [0.25, 0.3) is 0 Å². The highest BCUT2D eigenvalue weighted by atomic mass is 32.1. The lowest BCUT2D eigenvalue weighted by atomic mass is 10.1. The average Bonchev–Trinajstić information content (AvgIpc) is 2.76. The van der Waals surface area contributed by atoms with Crippen molar-refractivity contribution in [1.29, 1.82) is 0 Å². The number of aromatic nitrogens is 1. The summed E-state index contributed by atoms with van der Waals surface area (Å²) in [5.74, 6) is 0.181. The van der Waals surface area contributed by atoms with Gasteiger partial charge >= 0.3 is 0 Å². The molecular weight excluding hydrogens is 240 g/mol. The summed E-state index contributed by atoms with van der Waals surface area (Å²) in [7, 11) is 0. The van der Waals surface area contributed by atoms with E-state index >= 15 is 0 Å². The maximum absolute atomic E-state index is 11.8. The lowest BCUT2D eigenvalue weighted by molar-refractivity contribution is -0.116. The number of fused-ring (bicyclic) bond motifs is 1. The molecule has 1 aliphatic rings. The van der Waals surface area contributed by atoms with Gasteiger partial charge in [0.1, 0.15) is 0 Å². The number of carbonyl (C=O) groups is 1. The number of hydrogen-bond donors (Lipinski definition) is 2. The van der Waals surface area contributed by atoms with Crippen molar-refractivity contribution in [2.45, 2.75) is 38.4 Å². The summed E-state index contributed by atoms with van der Waals surface area (Å²) >= 11 is 5.89. The third-order valence-corrected chi connectivity index (χ3v) is 4.63. The summed E-state index contributed by atoms with van der Waals surface area (Å²) in [6.07, 6.45) is 3.36. The summed E-state index contributed by atoms with van der Waals surface area (Å²) in [6.45, 7) is 3.97. The van der Waals surface area contributed by atoms with Crippen molar-refractivity contribution < 1.29 is 4.79 Å². The molecule has 5 heteroatoms. The monoisotopic (exact) mass is 256 g/mol. The van der Waals surface area contributed by atoms with Crippen LogP contribution < -0.4 is 5.32 Å². The molecule has 1 aliphatic carbocycles. The molecule has 88 valence electrons. The largest absolute Gasteiger partial charge is 0.301 e. The molecule has 0 aliphatic heterocycles. The Morgan fingerprint density at radius 2 is 2.25 bits per heavy atom. The zero-order valence-corrected chi connectivity index (χ0v) is 11.2. The van der Waals surface area contributed by atoms with Crippen LogP contribution in [-0.4, -0.2) is 16.1 Å². The Morgan fingerprint density at radius 3 is 2.88 bits per heavy atom. The maximum atomic E-state index is 11.8. The number of nitrogens with one attached hydrogen (secondary N) is 1. The Hall–Kier alpha value is -0.550. The van der Waals surface area contributed by atoms with Crippen molar-refractivity contribution >= 4 is 35.0 Å². The number of thiol groups is 1. The van der Waals surface area contributed by atoms with Crippen molar-refractivity contribution in [2.75, 3.05) is 5.32 Å². The molecule has 0 aromatic carbocycles. The molecule has 1 amide bonds. The number of hydrogen-bond acceptors (Lipinski definition) is 4. The molecule has 1 unspecified atom stereocenters. The number of nitrogens with zero attached hydrogens (tertiary/aromatic N) is 1. The Balaban J connectivity index is 2.01. The normalized spacial score (nSPS) is 16.2. The van der Waals surface area contributed by atoms with Crippen LogP contribution in [0.15, 0.2) is 0 Å². The number of aryl methyl sites for hydroxylation is 2. The first-order valence-electron chi connectivity index (χ1n) is 5.55. The van der Waals surface area contributed by atoms with E-state index in [0.717, 1.165) is 18.0 Å². The molecule has 0 bridgehead atoms. The topological polar surface area (TPSA) is 42.0 Å². The van der Waals surface area contributed by atoms with Crippen LogP contribution in [0, 0.1) is 5.92 Å². The molecule has 0 saturated carbocycles. The highest BCUT2D eigenvalue weighted by Crippen LogP contribution is 2.30. The van der Waals surface area contributed by atoms with E-state index in [1.165, 1.54) is 17.0 Å². The first kappa shape index (κ1) is 11.9. The van der Waals surface area contributed by atoms with Gasteiger partial charge in [0.15, 0.2) is 5.13 Å². The smallest absolute Gasteiger partial charge is 0.239 e. The van der Waals surface area contributed by atoms with E-state index in [1.807, 2.05) is 13.8 Å². The van der Waals surface area contributed by atoms with E-state index < -0.39 is 0 Å². The minimum atomic E-state index is -0.265. The lowest BCUT2D eigenvalue weighted by Gasteiger charge is -2.12. The number of anilines is 1. The molecule has 1 heterocycles. The molecule has 1 aromatic rings. The highest BCUT2D eigenvalue weighted by Gasteiger charge is 2.21. The Bertz CT molecular complexity index is 379. The second-order valence-corrected chi connectivity index (χ2v) is 6.06. The Labute approximate surface area is 105 Å². The molecule has 16 heavy (non-hydrogen) atoms. The highest BCUT2D eigenvalue weighted by molar-refractivity contribution is 7.81. The first-order valence-corrected chi connectivity index (χ1v) is 6.88. The van der Waals surface area contributed by atoms with Gasteiger partial charge in [0.05, 0.1) is 10.9 Å². The van der Waals surface area contributed by atoms with Crippen LogP contribution >= 0.6 is 24.0 Å². The fourth-order valence-electron chi connectivity index (χ4n) is 1.73. The molecule has 0 radical (unpaired) electrons. The molecule has 0 spiro atoms. The van der Waals surface area contributed by atoms with Crippen LogP contribution in [0.4, 0.5) is 5.13 Å². The fourth-order valence-corrected chi connectivity index (χ4v) is 2.84. The van der Waals surface area contributed by atoms with Gasteiger partial charge in [-0.05, 0) is 25.2 Å². The molecule has 0 saturated heterocycles. The van der Waals surface area contributed by atoms with E-state index in [2.05, 4.69) is 22.9 Å². The van der Waals surface area contributed by atoms with Crippen molar-refractivity contribution in [2.24, 2.45) is 5.92 Å². The van der Waals surface area contributed by atoms with E-state index in [0.29, 0.717) is 0 Å². The van der Waals surface area contributed by atoms with Gasteiger partial charge in [0, 0.05) is 4.88 Å². The quantitative estimate of drug-likeness (QED) is 0.816. The first-order chi connectivity index (χ1) is 7.58. The van der Waals surface area contributed by atoms with Crippen LogP contribution in [0.25, 0.3) is 0 Å². The number of carbonyl (C=O) groups excluding carboxylic acids is 1. The van der Waals surface area contributed by atoms with Crippen LogP contribution in [0.2, 0.25) is 0 Å². The lowest BCUT2D eigenvalue weighted by Crippen LogP contribution is -2.27. The van der Waals surface area contributed by atoms with Gasteiger partial charge in [-0.25, -0.2) is 4.98 Å². The summed E-state index contributed by atoms with van der Waals surface area (Å²) < 4.78 is 0. The third kappa shape index (κ3) is 2.40. The van der Waals surface area contributed by atoms with Gasteiger partial charge in [-0.1, -0.05) is 13.8 Å². The second kappa shape index (κ2) is 4.75. The maximum Gasteiger partial charge on any atom is 0.239 e. The van der Waals surface area contributed by atoms with E-state index in [4.69, 9.17) is 0 Å². The van der Waals surface area contributed by atoms with Crippen LogP contribution in [0.1, 0.15) is 30.8 Å². The van der Waals surface area contributed by atoms with Crippen LogP contribution in [0.5, 0.6) is 0 Å². The SMILES string of the molecule is CC(C)C(S)C(=O)Nc1nc2c(s1)CCC2. The standard InChI is InChI=1S/C11H16N2OS2/c1-6(2)9(15)10(14)13-11-12-7-4-3-5-8(7)16-11/h6,9,15H,3-5H2,1-2H3,(H,12,13,14). The summed E-state index contributed by atoms with van der Waals surface area (Å²) in [5, 5.41) is 3.31. The molecule has 0 fully saturated rings. The summed E-state index contributed by atoms with van der Waals surface area (Å²) in [6, 6.07) is 0. The minimum Gasteiger partial charge on any atom is -0.301 e. The molecule has 1 N–H and O–H groups in total. The van der Waals surface area contributed by atoms with Crippen molar-refractivity contribution in [1.82, 2.24) is 4.98 Å². The minimum absolute atomic E-state index is 0.0502. The number of amides is 1. The molecule has 1 atom stereocenters. The van der Waals surface area contributed by atoms with Gasteiger partial charge in [-0.15, -0.1) is 11.3 Å². The van der Waals surface area contributed by atoms with Crippen molar-refractivity contribution in [3.8, 4) is 0 Å². The molecule has 1 aromatic heterocycles. The molecule has 2 rings (SSSR count).